The molecule has 0 heterocycles. The highest BCUT2D eigenvalue weighted by molar-refractivity contribution is 5.35. The molecule has 2 spiro atoms. The van der Waals surface area contributed by atoms with Crippen molar-refractivity contribution in [2.45, 2.75) is 464 Å². The fourth-order valence-corrected chi connectivity index (χ4v) is 36.6. The molecule has 0 aromatic heterocycles. The maximum Gasteiger partial charge on any atom is 0.000146 e. The van der Waals surface area contributed by atoms with Crippen LogP contribution < -0.4 is 0 Å². The molecule has 13 saturated carbocycles. The number of hydrogen-bond donors (Lipinski definition) is 0. The molecule has 0 aromatic rings. The Balaban J connectivity index is 0.000000113. The van der Waals surface area contributed by atoms with E-state index < -0.39 is 0 Å². The van der Waals surface area contributed by atoms with Crippen molar-refractivity contribution >= 4 is 0 Å². The molecule has 21 atom stereocenters. The zero-order chi connectivity index (χ0) is 87.9. The zero-order valence-corrected chi connectivity index (χ0v) is 85.3. The molecular formula is C121H194. The van der Waals surface area contributed by atoms with Crippen LogP contribution in [0.4, 0.5) is 0 Å². The van der Waals surface area contributed by atoms with Crippen molar-refractivity contribution in [3.05, 3.63) is 129 Å². The molecule has 0 amide bonds. The van der Waals surface area contributed by atoms with Crippen LogP contribution in [0, 0.1) is 164 Å². The molecule has 21 aliphatic rings. The number of fused-ring (bicyclic) bond motifs is 11. The summed E-state index contributed by atoms with van der Waals surface area (Å²) in [6, 6.07) is 0. The number of allylic oxidation sites excluding steroid dienone is 20. The Kier molecular flexibility index (Phi) is 26.3. The smallest absolute Gasteiger partial charge is 0.000146 e. The third-order valence-corrected chi connectivity index (χ3v) is 43.7. The van der Waals surface area contributed by atoms with Crippen molar-refractivity contribution < 1.29 is 0 Å². The predicted molar refractivity (Wildman–Crippen MR) is 528 cm³/mol. The maximum atomic E-state index is 4.33. The van der Waals surface area contributed by atoms with Crippen LogP contribution in [0.15, 0.2) is 129 Å². The topological polar surface area (TPSA) is 0 Å². The summed E-state index contributed by atoms with van der Waals surface area (Å²) in [5, 5.41) is 0. The summed E-state index contributed by atoms with van der Waals surface area (Å²) in [5.74, 6) is 12.1. The number of hydrogen-bond acceptors (Lipinski definition) is 0. The quantitative estimate of drug-likeness (QED) is 0.212. The van der Waals surface area contributed by atoms with Gasteiger partial charge in [-0.25, -0.2) is 0 Å². The van der Waals surface area contributed by atoms with Gasteiger partial charge in [-0.2, -0.15) is 0 Å². The molecule has 21 rings (SSSR count). The van der Waals surface area contributed by atoms with Gasteiger partial charge in [0.1, 0.15) is 0 Å². The van der Waals surface area contributed by atoms with E-state index in [2.05, 4.69) is 262 Å². The first-order valence-electron chi connectivity index (χ1n) is 52.7. The summed E-state index contributed by atoms with van der Waals surface area (Å²) in [5.41, 5.74) is 28.1. The summed E-state index contributed by atoms with van der Waals surface area (Å²) < 4.78 is 0. The lowest BCUT2D eigenvalue weighted by molar-refractivity contribution is -0.131. The lowest BCUT2D eigenvalue weighted by Crippen LogP contribution is -2.58. The molecule has 18 unspecified atom stereocenters. The first-order valence-corrected chi connectivity index (χ1v) is 52.7. The molecule has 21 aliphatic carbocycles. The monoisotopic (exact) mass is 1650 g/mol. The minimum atomic E-state index is 0.471. The molecule has 0 aliphatic heterocycles. The van der Waals surface area contributed by atoms with Crippen LogP contribution in [0.3, 0.4) is 0 Å². The lowest BCUT2D eigenvalue weighted by Gasteiger charge is -2.65. The second-order valence-corrected chi connectivity index (χ2v) is 54.9. The van der Waals surface area contributed by atoms with Gasteiger partial charge in [-0.1, -0.05) is 281 Å². The van der Waals surface area contributed by atoms with Crippen LogP contribution in [-0.2, 0) is 0 Å². The van der Waals surface area contributed by atoms with Crippen molar-refractivity contribution in [2.75, 3.05) is 0 Å². The fourth-order valence-electron chi connectivity index (χ4n) is 36.6. The van der Waals surface area contributed by atoms with E-state index in [1.54, 1.807) is 50.2 Å². The average Bonchev–Trinajstić information content (AvgIpc) is 1.54. The van der Waals surface area contributed by atoms with E-state index in [0.29, 0.717) is 86.6 Å². The van der Waals surface area contributed by atoms with E-state index in [4.69, 9.17) is 0 Å². The van der Waals surface area contributed by atoms with Crippen LogP contribution in [0.1, 0.15) is 464 Å². The Morgan fingerprint density at radius 1 is 0.364 bits per heavy atom. The second kappa shape index (κ2) is 33.8. The lowest BCUT2D eigenvalue weighted by atomic mass is 9.39. The van der Waals surface area contributed by atoms with E-state index in [1.165, 1.54) is 281 Å². The Morgan fingerprint density at radius 3 is 1.62 bits per heavy atom. The molecule has 13 fully saturated rings. The third-order valence-electron chi connectivity index (χ3n) is 43.7. The molecule has 0 N–H and O–H groups in total. The number of rotatable bonds is 0. The molecular weight excluding hydrogens is 1450 g/mol. The molecule has 0 radical (unpaired) electrons. The van der Waals surface area contributed by atoms with Crippen LogP contribution in [0.25, 0.3) is 0 Å². The summed E-state index contributed by atoms with van der Waals surface area (Å²) in [7, 11) is 0. The van der Waals surface area contributed by atoms with Gasteiger partial charge in [-0.3, -0.25) is 0 Å². The Morgan fingerprint density at radius 2 is 0.967 bits per heavy atom. The van der Waals surface area contributed by atoms with E-state index in [1.807, 2.05) is 0 Å². The summed E-state index contributed by atoms with van der Waals surface area (Å²) in [6.07, 6.45) is 81.2. The SMILES string of the molecule is C/C1=C/CC2/C(=C(/C)CCC1)CC2(C)C.C=C1CCC/C(C)=C\CC2C1CC2(C)C.C=C1CCC/C=C(/C)CC[C@@H]2[C@@H]1CC2(C)C.CC1(C)CC2(C)C3CCC=C(CCC12)C3.CC12CCCC3(C=CC(C)(C)C3CC1)C2.CC1=CCCC2(C)C1CC1C2CC1(C)C.CC1=CCCC2(C)CCC3C(C)(C)CC132.CC1=CCC[C@@]2(C)C3CCC12CC3(C)C. The van der Waals surface area contributed by atoms with Crippen molar-refractivity contribution in [2.24, 2.45) is 164 Å². The van der Waals surface area contributed by atoms with Gasteiger partial charge in [0.25, 0.3) is 0 Å². The minimum Gasteiger partial charge on any atom is -0.0996 e. The highest BCUT2D eigenvalue weighted by Gasteiger charge is 2.71. The molecule has 0 aromatic carbocycles. The molecule has 121 heavy (non-hydrogen) atoms. The Bertz CT molecular complexity index is 4080. The van der Waals surface area contributed by atoms with Crippen molar-refractivity contribution in [3.63, 3.8) is 0 Å². The van der Waals surface area contributed by atoms with Crippen LogP contribution in [0.2, 0.25) is 0 Å². The Hall–Kier alpha value is -2.86. The van der Waals surface area contributed by atoms with Gasteiger partial charge in [0.2, 0.25) is 0 Å². The largest absolute Gasteiger partial charge is 0.0996 e. The Labute approximate surface area is 751 Å². The maximum absolute atomic E-state index is 4.33. The van der Waals surface area contributed by atoms with Gasteiger partial charge in [0.15, 0.2) is 0 Å². The zero-order valence-electron chi connectivity index (χ0n) is 85.3. The normalized spacial score (nSPS) is 46.0. The predicted octanol–water partition coefficient (Wildman–Crippen LogP) is 37.4. The van der Waals surface area contributed by atoms with Crippen LogP contribution in [0.5, 0.6) is 0 Å². The second-order valence-electron chi connectivity index (χ2n) is 54.9. The van der Waals surface area contributed by atoms with Gasteiger partial charge >= 0.3 is 0 Å². The molecule has 6 bridgehead atoms. The highest BCUT2D eigenvalue weighted by atomic mass is 14.8. The van der Waals surface area contributed by atoms with Gasteiger partial charge in [-0.05, 0) is 470 Å². The van der Waals surface area contributed by atoms with Crippen molar-refractivity contribution in [3.8, 4) is 0 Å². The van der Waals surface area contributed by atoms with Gasteiger partial charge in [0.05, 0.1) is 0 Å². The van der Waals surface area contributed by atoms with Crippen LogP contribution >= 0.6 is 0 Å². The first-order chi connectivity index (χ1) is 56.3. The first kappa shape index (κ1) is 94.3. The van der Waals surface area contributed by atoms with Crippen molar-refractivity contribution in [1.82, 2.24) is 0 Å². The van der Waals surface area contributed by atoms with E-state index >= 15 is 0 Å². The molecule has 678 valence electrons. The van der Waals surface area contributed by atoms with Gasteiger partial charge in [0, 0.05) is 5.41 Å². The summed E-state index contributed by atoms with van der Waals surface area (Å²) in [6.45, 7) is 77.3. The summed E-state index contributed by atoms with van der Waals surface area (Å²) >= 11 is 0. The highest BCUT2D eigenvalue weighted by Crippen LogP contribution is 2.80. The average molecular weight is 1650 g/mol. The van der Waals surface area contributed by atoms with Gasteiger partial charge in [-0.15, -0.1) is 0 Å². The molecule has 0 nitrogen and oxygen atoms in total. The minimum absolute atomic E-state index is 0.471. The molecule has 0 heteroatoms. The van der Waals surface area contributed by atoms with Crippen LogP contribution in [-0.4, -0.2) is 0 Å². The standard InChI is InChI=1S/C16H26.7C15H24/c1-12-7-5-6-8-13(2)14-11-16(3,4)15(14)10-9-12;1-11-6-5-8-14(4)12-7-9-15(11,14)10-13(12,2)3;1-11-6-5-8-14(4)9-7-12-13(2,3)10-15(11,12)14;1-10-6-5-7-15(4)11(10)8-12-13(15)9-14(12,2)3;1-13(2)9-10-15-7-4-6-14(3,11-15)8-5-12(13)15;1-14(2)10-15(3)12-6-4-5-11(9-12)7-8-13(14)15;2*1-11-6-5-7-12(2)13-10-15(3,4)14(13)9-8-11/h7,14-15H,2,5-6,8-11H2,1,3-4H3;2*6,12H,5,7-10H2,1-4H3;6,11-13H,5,7-9H2,1-4H3;9-10,12H,4-8,11H2,1-3H3;5,12-13H,4,6-10H2,1-3H3;8,14H,5-7,9-10H2,1-4H3;8,13-14H,2,5-7,9-10H2,1,3-4H3/b12-7-;;;;;;11-8-,13-12-;11-8-/t14-,15-;12?,14-,15?;;;;;;/m10....../s1. The molecule has 0 saturated heterocycles. The van der Waals surface area contributed by atoms with Gasteiger partial charge < -0.3 is 0 Å². The summed E-state index contributed by atoms with van der Waals surface area (Å²) in [4.78, 5) is 0. The fraction of sp³-hybridized carbons (Fsp3) is 0.818. The van der Waals surface area contributed by atoms with E-state index in [0.717, 1.165) is 76.9 Å². The van der Waals surface area contributed by atoms with Crippen molar-refractivity contribution in [1.29, 1.82) is 0 Å². The van der Waals surface area contributed by atoms with E-state index in [-0.39, 0.29) is 0 Å². The third kappa shape index (κ3) is 17.2. The van der Waals surface area contributed by atoms with E-state index in [9.17, 15) is 0 Å².